The first-order valence-corrected chi connectivity index (χ1v) is 6.46. The fourth-order valence-corrected chi connectivity index (χ4v) is 1.82. The number of rotatable bonds is 5. The number of aromatic nitrogens is 1. The first-order valence-electron chi connectivity index (χ1n) is 5.07. The lowest BCUT2D eigenvalue weighted by Crippen LogP contribution is -2.32. The minimum atomic E-state index is -0.197. The van der Waals surface area contributed by atoms with E-state index in [9.17, 15) is 9.90 Å². The van der Waals surface area contributed by atoms with Gasteiger partial charge in [-0.2, -0.15) is 11.8 Å². The molecule has 0 spiro atoms. The van der Waals surface area contributed by atoms with E-state index in [0.717, 1.165) is 12.2 Å². The van der Waals surface area contributed by atoms with Crippen LogP contribution in [0.3, 0.4) is 0 Å². The highest BCUT2D eigenvalue weighted by molar-refractivity contribution is 7.98. The maximum absolute atomic E-state index is 11.7. The first kappa shape index (κ1) is 12.8. The molecule has 1 rings (SSSR count). The second-order valence-electron chi connectivity index (χ2n) is 3.59. The molecular weight excluding hydrogens is 224 g/mol. The van der Waals surface area contributed by atoms with E-state index in [1.165, 1.54) is 18.5 Å². The van der Waals surface area contributed by atoms with Crippen molar-refractivity contribution in [1.29, 1.82) is 0 Å². The summed E-state index contributed by atoms with van der Waals surface area (Å²) in [5.74, 6) is 0.820. The van der Waals surface area contributed by atoms with Gasteiger partial charge in [0.05, 0.1) is 11.8 Å². The van der Waals surface area contributed by atoms with Gasteiger partial charge in [-0.05, 0) is 31.4 Å². The SMILES string of the molecule is CSCCC(C)NC(=O)c1cncc(O)c1. The highest BCUT2D eigenvalue weighted by Gasteiger charge is 2.10. The van der Waals surface area contributed by atoms with Gasteiger partial charge >= 0.3 is 0 Å². The number of nitrogens with zero attached hydrogens (tertiary/aromatic N) is 1. The summed E-state index contributed by atoms with van der Waals surface area (Å²) in [6.07, 6.45) is 5.71. The van der Waals surface area contributed by atoms with Crippen molar-refractivity contribution in [1.82, 2.24) is 10.3 Å². The van der Waals surface area contributed by atoms with E-state index in [4.69, 9.17) is 0 Å². The molecule has 0 saturated heterocycles. The largest absolute Gasteiger partial charge is 0.506 e. The van der Waals surface area contributed by atoms with Crippen LogP contribution in [0.5, 0.6) is 5.75 Å². The minimum absolute atomic E-state index is 0.00409. The molecule has 0 aliphatic heterocycles. The summed E-state index contributed by atoms with van der Waals surface area (Å²) >= 11 is 1.75. The predicted octanol–water partition coefficient (Wildman–Crippen LogP) is 1.66. The Balaban J connectivity index is 2.52. The topological polar surface area (TPSA) is 62.2 Å². The normalized spacial score (nSPS) is 12.1. The molecule has 2 N–H and O–H groups in total. The highest BCUT2D eigenvalue weighted by atomic mass is 32.2. The quantitative estimate of drug-likeness (QED) is 0.821. The number of thioether (sulfide) groups is 1. The summed E-state index contributed by atoms with van der Waals surface area (Å²) in [4.78, 5) is 15.5. The Bertz CT molecular complexity index is 358. The zero-order chi connectivity index (χ0) is 12.0. The third-order valence-corrected chi connectivity index (χ3v) is 2.76. The summed E-state index contributed by atoms with van der Waals surface area (Å²) < 4.78 is 0. The molecule has 88 valence electrons. The van der Waals surface area contributed by atoms with Gasteiger partial charge in [0.1, 0.15) is 5.75 Å². The molecule has 5 heteroatoms. The van der Waals surface area contributed by atoms with Crippen molar-refractivity contribution in [2.45, 2.75) is 19.4 Å². The number of amides is 1. The lowest BCUT2D eigenvalue weighted by Gasteiger charge is -2.12. The Hall–Kier alpha value is -1.23. The van der Waals surface area contributed by atoms with E-state index >= 15 is 0 Å². The van der Waals surface area contributed by atoms with E-state index < -0.39 is 0 Å². The van der Waals surface area contributed by atoms with E-state index in [-0.39, 0.29) is 17.7 Å². The monoisotopic (exact) mass is 240 g/mol. The van der Waals surface area contributed by atoms with E-state index in [1.54, 1.807) is 11.8 Å². The Morgan fingerprint density at radius 3 is 3.00 bits per heavy atom. The molecule has 0 radical (unpaired) electrons. The van der Waals surface area contributed by atoms with Gasteiger partial charge < -0.3 is 10.4 Å². The average molecular weight is 240 g/mol. The number of carbonyl (C=O) groups is 1. The molecule has 0 aliphatic rings. The van der Waals surface area contributed by atoms with Gasteiger partial charge in [0, 0.05) is 12.2 Å². The number of hydrogen-bond acceptors (Lipinski definition) is 4. The van der Waals surface area contributed by atoms with Gasteiger partial charge in [-0.15, -0.1) is 0 Å². The minimum Gasteiger partial charge on any atom is -0.506 e. The molecule has 1 amide bonds. The van der Waals surface area contributed by atoms with Crippen molar-refractivity contribution in [3.05, 3.63) is 24.0 Å². The Morgan fingerprint density at radius 2 is 2.38 bits per heavy atom. The second kappa shape index (κ2) is 6.37. The highest BCUT2D eigenvalue weighted by Crippen LogP contribution is 2.09. The van der Waals surface area contributed by atoms with Crippen LogP contribution in [0.1, 0.15) is 23.7 Å². The van der Waals surface area contributed by atoms with Crippen molar-refractivity contribution in [2.24, 2.45) is 0 Å². The number of carbonyl (C=O) groups excluding carboxylic acids is 1. The van der Waals surface area contributed by atoms with Crippen molar-refractivity contribution in [3.8, 4) is 5.75 Å². The number of aromatic hydroxyl groups is 1. The summed E-state index contributed by atoms with van der Waals surface area (Å²) in [6.45, 7) is 1.96. The summed E-state index contributed by atoms with van der Waals surface area (Å²) in [7, 11) is 0. The van der Waals surface area contributed by atoms with Crippen LogP contribution in [0, 0.1) is 0 Å². The zero-order valence-corrected chi connectivity index (χ0v) is 10.3. The van der Waals surface area contributed by atoms with Gasteiger partial charge in [-0.1, -0.05) is 0 Å². The average Bonchev–Trinajstić information content (AvgIpc) is 2.26. The van der Waals surface area contributed by atoms with Crippen LogP contribution in [0.4, 0.5) is 0 Å². The van der Waals surface area contributed by atoms with Crippen molar-refractivity contribution >= 4 is 17.7 Å². The van der Waals surface area contributed by atoms with Crippen LogP contribution >= 0.6 is 11.8 Å². The van der Waals surface area contributed by atoms with E-state index in [1.807, 2.05) is 13.2 Å². The van der Waals surface area contributed by atoms with Crippen LogP contribution in [0.25, 0.3) is 0 Å². The maximum Gasteiger partial charge on any atom is 0.253 e. The molecule has 0 fully saturated rings. The molecule has 1 aromatic rings. The van der Waals surface area contributed by atoms with Gasteiger partial charge in [-0.25, -0.2) is 0 Å². The zero-order valence-electron chi connectivity index (χ0n) is 9.43. The van der Waals surface area contributed by atoms with E-state index in [2.05, 4.69) is 10.3 Å². The first-order chi connectivity index (χ1) is 7.63. The lowest BCUT2D eigenvalue weighted by molar-refractivity contribution is 0.0938. The Labute approximate surface area is 99.5 Å². The molecule has 0 saturated carbocycles. The molecule has 1 aromatic heterocycles. The number of nitrogens with one attached hydrogen (secondary N) is 1. The summed E-state index contributed by atoms with van der Waals surface area (Å²) in [5.41, 5.74) is 0.385. The smallest absolute Gasteiger partial charge is 0.253 e. The summed E-state index contributed by atoms with van der Waals surface area (Å²) in [6, 6.07) is 1.53. The molecule has 16 heavy (non-hydrogen) atoms. The fraction of sp³-hybridized carbons (Fsp3) is 0.455. The molecule has 0 aliphatic carbocycles. The fourth-order valence-electron chi connectivity index (χ4n) is 1.23. The lowest BCUT2D eigenvalue weighted by atomic mass is 10.2. The molecule has 1 heterocycles. The summed E-state index contributed by atoms with van der Waals surface area (Å²) in [5, 5.41) is 12.0. The van der Waals surface area contributed by atoms with E-state index in [0.29, 0.717) is 5.56 Å². The third kappa shape index (κ3) is 4.10. The third-order valence-electron chi connectivity index (χ3n) is 2.12. The van der Waals surface area contributed by atoms with Crippen molar-refractivity contribution in [3.63, 3.8) is 0 Å². The molecule has 4 nitrogen and oxygen atoms in total. The van der Waals surface area contributed by atoms with Crippen molar-refractivity contribution in [2.75, 3.05) is 12.0 Å². The van der Waals surface area contributed by atoms with Gasteiger partial charge in [0.15, 0.2) is 0 Å². The van der Waals surface area contributed by atoms with Crippen LogP contribution in [-0.4, -0.2) is 34.0 Å². The van der Waals surface area contributed by atoms with Crippen LogP contribution in [0.15, 0.2) is 18.5 Å². The molecule has 1 atom stereocenters. The van der Waals surface area contributed by atoms with Gasteiger partial charge in [0.2, 0.25) is 0 Å². The molecule has 0 aromatic carbocycles. The number of pyridine rings is 1. The Kier molecular flexibility index (Phi) is 5.11. The van der Waals surface area contributed by atoms with Crippen molar-refractivity contribution < 1.29 is 9.90 Å². The van der Waals surface area contributed by atoms with Gasteiger partial charge in [-0.3, -0.25) is 9.78 Å². The van der Waals surface area contributed by atoms with Crippen LogP contribution in [-0.2, 0) is 0 Å². The molecule has 0 bridgehead atoms. The maximum atomic E-state index is 11.7. The standard InChI is InChI=1S/C11H16N2O2S/c1-8(3-4-16-2)13-11(15)9-5-10(14)7-12-6-9/h5-8,14H,3-4H2,1-2H3,(H,13,15). The Morgan fingerprint density at radius 1 is 1.62 bits per heavy atom. The van der Waals surface area contributed by atoms with Gasteiger partial charge in [0.25, 0.3) is 5.91 Å². The number of hydrogen-bond donors (Lipinski definition) is 2. The van der Waals surface area contributed by atoms with Crippen LogP contribution < -0.4 is 5.32 Å². The molecular formula is C11H16N2O2S. The van der Waals surface area contributed by atoms with Crippen LogP contribution in [0.2, 0.25) is 0 Å². The predicted molar refractivity (Wildman–Crippen MR) is 65.8 cm³/mol. The second-order valence-corrected chi connectivity index (χ2v) is 4.57. The molecule has 1 unspecified atom stereocenters.